The van der Waals surface area contributed by atoms with Gasteiger partial charge in [-0.2, -0.15) is 5.26 Å². The number of ether oxygens (including phenoxy) is 1. The molecule has 0 saturated heterocycles. The summed E-state index contributed by atoms with van der Waals surface area (Å²) in [4.78, 5) is 35.9. The Labute approximate surface area is 180 Å². The van der Waals surface area contributed by atoms with Gasteiger partial charge in [0, 0.05) is 24.5 Å². The van der Waals surface area contributed by atoms with E-state index in [1.165, 1.54) is 13.1 Å². The number of unbranched alkanes of at least 4 members (excludes halogenated alkanes) is 1. The standard InChI is InChI=1S/C23H24N4O4/c1-3-4-13-31-23(30)20-7-5-6-8-21(20)27-22(29)17(14-24)15-25-18-9-11-19(12-10-18)26-16(2)28/h5-12,15,25H,3-4,13H2,1-2H3,(H,26,28)(H,27,29)/b17-15-. The van der Waals surface area contributed by atoms with E-state index in [0.29, 0.717) is 18.0 Å². The van der Waals surface area contributed by atoms with Crippen molar-refractivity contribution in [2.45, 2.75) is 26.7 Å². The highest BCUT2D eigenvalue weighted by Crippen LogP contribution is 2.18. The van der Waals surface area contributed by atoms with Crippen LogP contribution in [0.5, 0.6) is 0 Å². The van der Waals surface area contributed by atoms with Crippen molar-refractivity contribution in [3.05, 3.63) is 65.9 Å². The molecule has 0 unspecified atom stereocenters. The van der Waals surface area contributed by atoms with Crippen molar-refractivity contribution in [1.82, 2.24) is 0 Å². The highest BCUT2D eigenvalue weighted by atomic mass is 16.5. The quantitative estimate of drug-likeness (QED) is 0.243. The fourth-order valence-electron chi connectivity index (χ4n) is 2.50. The number of nitriles is 1. The van der Waals surface area contributed by atoms with Gasteiger partial charge in [-0.1, -0.05) is 25.5 Å². The number of carbonyl (C=O) groups excluding carboxylic acids is 3. The van der Waals surface area contributed by atoms with Crippen LogP contribution >= 0.6 is 0 Å². The lowest BCUT2D eigenvalue weighted by molar-refractivity contribution is -0.114. The number of hydrogen-bond acceptors (Lipinski definition) is 6. The molecule has 160 valence electrons. The van der Waals surface area contributed by atoms with E-state index >= 15 is 0 Å². The van der Waals surface area contributed by atoms with Crippen molar-refractivity contribution >= 4 is 34.8 Å². The summed E-state index contributed by atoms with van der Waals surface area (Å²) in [5.41, 5.74) is 1.54. The zero-order chi connectivity index (χ0) is 22.6. The Morgan fingerprint density at radius 2 is 1.71 bits per heavy atom. The Bertz CT molecular complexity index is 1010. The van der Waals surface area contributed by atoms with Gasteiger partial charge in [0.2, 0.25) is 5.91 Å². The van der Waals surface area contributed by atoms with E-state index in [4.69, 9.17) is 4.74 Å². The van der Waals surface area contributed by atoms with Gasteiger partial charge >= 0.3 is 5.97 Å². The number of nitrogens with zero attached hydrogens (tertiary/aromatic N) is 1. The molecule has 8 nitrogen and oxygen atoms in total. The van der Waals surface area contributed by atoms with E-state index in [9.17, 15) is 19.6 Å². The summed E-state index contributed by atoms with van der Waals surface area (Å²) in [6.07, 6.45) is 2.91. The number of carbonyl (C=O) groups is 3. The molecule has 2 aromatic carbocycles. The third-order valence-electron chi connectivity index (χ3n) is 4.08. The Morgan fingerprint density at radius 3 is 2.35 bits per heavy atom. The summed E-state index contributed by atoms with van der Waals surface area (Å²) in [6, 6.07) is 15.0. The molecule has 0 saturated carbocycles. The van der Waals surface area contributed by atoms with Crippen LogP contribution in [0.3, 0.4) is 0 Å². The van der Waals surface area contributed by atoms with Crippen LogP contribution in [0.25, 0.3) is 0 Å². The molecule has 3 N–H and O–H groups in total. The van der Waals surface area contributed by atoms with Crippen molar-refractivity contribution in [1.29, 1.82) is 5.26 Å². The smallest absolute Gasteiger partial charge is 0.340 e. The molecule has 0 radical (unpaired) electrons. The van der Waals surface area contributed by atoms with Crippen LogP contribution in [-0.4, -0.2) is 24.4 Å². The van der Waals surface area contributed by atoms with Gasteiger partial charge in [-0.15, -0.1) is 0 Å². The van der Waals surface area contributed by atoms with Crippen molar-refractivity contribution in [2.75, 3.05) is 22.6 Å². The number of hydrogen-bond donors (Lipinski definition) is 3. The molecular weight excluding hydrogens is 396 g/mol. The van der Waals surface area contributed by atoms with E-state index in [1.807, 2.05) is 13.0 Å². The molecular formula is C23H24N4O4. The van der Waals surface area contributed by atoms with Gasteiger partial charge in [0.15, 0.2) is 0 Å². The first-order chi connectivity index (χ1) is 14.9. The van der Waals surface area contributed by atoms with Crippen LogP contribution in [0, 0.1) is 11.3 Å². The van der Waals surface area contributed by atoms with Gasteiger partial charge < -0.3 is 20.7 Å². The van der Waals surface area contributed by atoms with Crippen molar-refractivity contribution < 1.29 is 19.1 Å². The summed E-state index contributed by atoms with van der Waals surface area (Å²) in [5.74, 6) is -1.39. The first-order valence-corrected chi connectivity index (χ1v) is 9.76. The number of benzene rings is 2. The van der Waals surface area contributed by atoms with Gasteiger partial charge in [-0.05, 0) is 42.8 Å². The maximum absolute atomic E-state index is 12.5. The molecule has 0 heterocycles. The van der Waals surface area contributed by atoms with Crippen LogP contribution in [0.15, 0.2) is 60.3 Å². The fourth-order valence-corrected chi connectivity index (χ4v) is 2.50. The first kappa shape index (κ1) is 23.2. The summed E-state index contributed by atoms with van der Waals surface area (Å²) in [5, 5.41) is 17.5. The minimum Gasteiger partial charge on any atom is -0.462 e. The van der Waals surface area contributed by atoms with E-state index in [1.54, 1.807) is 48.5 Å². The van der Waals surface area contributed by atoms with E-state index in [-0.39, 0.29) is 22.7 Å². The summed E-state index contributed by atoms with van der Waals surface area (Å²) >= 11 is 0. The number of nitrogens with one attached hydrogen (secondary N) is 3. The van der Waals surface area contributed by atoms with Crippen LogP contribution in [0.4, 0.5) is 17.1 Å². The average Bonchev–Trinajstić information content (AvgIpc) is 2.75. The Kier molecular flexibility index (Phi) is 8.80. The molecule has 0 aromatic heterocycles. The zero-order valence-electron chi connectivity index (χ0n) is 17.4. The van der Waals surface area contributed by atoms with Gasteiger partial charge in [0.05, 0.1) is 17.9 Å². The van der Waals surface area contributed by atoms with E-state index in [2.05, 4.69) is 16.0 Å². The second kappa shape index (κ2) is 11.8. The van der Waals surface area contributed by atoms with Crippen molar-refractivity contribution in [2.24, 2.45) is 0 Å². The molecule has 0 aliphatic heterocycles. The largest absolute Gasteiger partial charge is 0.462 e. The number of anilines is 3. The van der Waals surface area contributed by atoms with Gasteiger partial charge in [0.1, 0.15) is 11.6 Å². The number of para-hydroxylation sites is 1. The molecule has 0 bridgehead atoms. The van der Waals surface area contributed by atoms with Crippen LogP contribution < -0.4 is 16.0 Å². The Balaban J connectivity index is 2.07. The van der Waals surface area contributed by atoms with Crippen LogP contribution in [0.1, 0.15) is 37.0 Å². The van der Waals surface area contributed by atoms with Crippen molar-refractivity contribution in [3.63, 3.8) is 0 Å². The highest BCUT2D eigenvalue weighted by Gasteiger charge is 2.16. The molecule has 8 heteroatoms. The fraction of sp³-hybridized carbons (Fsp3) is 0.217. The first-order valence-electron chi connectivity index (χ1n) is 9.76. The molecule has 31 heavy (non-hydrogen) atoms. The second-order valence-electron chi connectivity index (χ2n) is 6.56. The lowest BCUT2D eigenvalue weighted by Crippen LogP contribution is -2.18. The monoisotopic (exact) mass is 420 g/mol. The molecule has 2 aromatic rings. The Hall–Kier alpha value is -4.12. The van der Waals surface area contributed by atoms with Crippen LogP contribution in [-0.2, 0) is 14.3 Å². The summed E-state index contributed by atoms with van der Waals surface area (Å²) in [7, 11) is 0. The van der Waals surface area contributed by atoms with Crippen LogP contribution in [0.2, 0.25) is 0 Å². The molecule has 0 aliphatic carbocycles. The number of esters is 1. The highest BCUT2D eigenvalue weighted by molar-refractivity contribution is 6.09. The molecule has 0 atom stereocenters. The van der Waals surface area contributed by atoms with Gasteiger partial charge in [0.25, 0.3) is 5.91 Å². The van der Waals surface area contributed by atoms with Crippen molar-refractivity contribution in [3.8, 4) is 6.07 Å². The summed E-state index contributed by atoms with van der Waals surface area (Å²) in [6.45, 7) is 3.70. The average molecular weight is 420 g/mol. The number of amides is 2. The SMILES string of the molecule is CCCCOC(=O)c1ccccc1NC(=O)/C(C#N)=C\Nc1ccc(NC(C)=O)cc1. The molecule has 2 rings (SSSR count). The molecule has 0 aliphatic rings. The van der Waals surface area contributed by atoms with Gasteiger partial charge in [-0.25, -0.2) is 4.79 Å². The molecule has 0 spiro atoms. The lowest BCUT2D eigenvalue weighted by Gasteiger charge is -2.11. The maximum atomic E-state index is 12.5. The third-order valence-corrected chi connectivity index (χ3v) is 4.08. The predicted octanol–water partition coefficient (Wildman–Crippen LogP) is 4.06. The number of rotatable bonds is 9. The minimum absolute atomic E-state index is 0.180. The summed E-state index contributed by atoms with van der Waals surface area (Å²) < 4.78 is 5.21. The minimum atomic E-state index is -0.668. The molecule has 2 amide bonds. The van der Waals surface area contributed by atoms with E-state index in [0.717, 1.165) is 12.8 Å². The topological polar surface area (TPSA) is 120 Å². The Morgan fingerprint density at radius 1 is 1.03 bits per heavy atom. The lowest BCUT2D eigenvalue weighted by atomic mass is 10.1. The second-order valence-corrected chi connectivity index (χ2v) is 6.56. The predicted molar refractivity (Wildman–Crippen MR) is 118 cm³/mol. The normalized spacial score (nSPS) is 10.5. The maximum Gasteiger partial charge on any atom is 0.340 e. The van der Waals surface area contributed by atoms with Gasteiger partial charge in [-0.3, -0.25) is 9.59 Å². The van der Waals surface area contributed by atoms with E-state index < -0.39 is 11.9 Å². The molecule has 0 fully saturated rings. The third kappa shape index (κ3) is 7.33. The zero-order valence-corrected chi connectivity index (χ0v) is 17.4.